The van der Waals surface area contributed by atoms with E-state index in [1.807, 2.05) is 24.2 Å². The molecule has 2 aromatic rings. The van der Waals surface area contributed by atoms with Gasteiger partial charge in [0, 0.05) is 47.0 Å². The highest BCUT2D eigenvalue weighted by Gasteiger charge is 2.10. The smallest absolute Gasteiger partial charge is 0.108 e. The molecule has 5 heteroatoms. The molecule has 1 N–H and O–H groups in total. The van der Waals surface area contributed by atoms with Gasteiger partial charge in [-0.25, -0.2) is 4.98 Å². The van der Waals surface area contributed by atoms with E-state index >= 15 is 0 Å². The molecule has 1 aromatic heterocycles. The average molecular weight is 368 g/mol. The van der Waals surface area contributed by atoms with Crippen LogP contribution in [0.25, 0.3) is 0 Å². The van der Waals surface area contributed by atoms with Gasteiger partial charge in [-0.05, 0) is 31.2 Å². The Morgan fingerprint density at radius 2 is 2.29 bits per heavy atom. The second kappa shape index (κ2) is 8.61. The van der Waals surface area contributed by atoms with Crippen molar-refractivity contribution in [1.82, 2.24) is 14.9 Å². The zero-order chi connectivity index (χ0) is 15.1. The van der Waals surface area contributed by atoms with Crippen molar-refractivity contribution in [3.8, 4) is 0 Å². The maximum Gasteiger partial charge on any atom is 0.108 e. The number of aromatic nitrogens is 2. The molecule has 114 valence electrons. The lowest BCUT2D eigenvalue weighted by Gasteiger charge is -2.17. The summed E-state index contributed by atoms with van der Waals surface area (Å²) in [6.07, 6.45) is 6.00. The number of aryl methyl sites for hydroxylation is 2. The van der Waals surface area contributed by atoms with Crippen LogP contribution in [0.3, 0.4) is 0 Å². The molecule has 1 aromatic carbocycles. The zero-order valence-electron chi connectivity index (χ0n) is 12.6. The zero-order valence-corrected chi connectivity index (χ0v) is 15.0. The molecule has 0 aliphatic rings. The SMILES string of the molecule is CCNC(CCc1nccn1C)CSc1cccc(Br)c1. The molecule has 0 aliphatic heterocycles. The monoisotopic (exact) mass is 367 g/mol. The maximum atomic E-state index is 4.40. The number of imidazole rings is 1. The van der Waals surface area contributed by atoms with Crippen molar-refractivity contribution in [1.29, 1.82) is 0 Å². The van der Waals surface area contributed by atoms with Crippen LogP contribution >= 0.6 is 27.7 Å². The molecule has 0 saturated heterocycles. The van der Waals surface area contributed by atoms with E-state index in [1.54, 1.807) is 0 Å². The fraction of sp³-hybridized carbons (Fsp3) is 0.438. The van der Waals surface area contributed by atoms with Crippen molar-refractivity contribution in [2.45, 2.75) is 30.7 Å². The summed E-state index contributed by atoms with van der Waals surface area (Å²) in [7, 11) is 2.06. The second-order valence-corrected chi connectivity index (χ2v) is 7.03. The first-order chi connectivity index (χ1) is 10.2. The van der Waals surface area contributed by atoms with E-state index in [-0.39, 0.29) is 0 Å². The summed E-state index contributed by atoms with van der Waals surface area (Å²) < 4.78 is 3.24. The number of benzene rings is 1. The Morgan fingerprint density at radius 1 is 1.43 bits per heavy atom. The highest BCUT2D eigenvalue weighted by Crippen LogP contribution is 2.23. The van der Waals surface area contributed by atoms with Crippen LogP contribution in [0.15, 0.2) is 46.0 Å². The molecule has 21 heavy (non-hydrogen) atoms. The van der Waals surface area contributed by atoms with Crippen LogP contribution in [0.1, 0.15) is 19.2 Å². The standard InChI is InChI=1S/C16H22BrN3S/c1-3-18-14(7-8-16-19-9-10-20(16)2)12-21-15-6-4-5-13(17)11-15/h4-6,9-11,14,18H,3,7-8,12H2,1-2H3. The van der Waals surface area contributed by atoms with E-state index in [1.165, 1.54) is 4.90 Å². The summed E-state index contributed by atoms with van der Waals surface area (Å²) in [6, 6.07) is 9.00. The lowest BCUT2D eigenvalue weighted by molar-refractivity contribution is 0.526. The minimum Gasteiger partial charge on any atom is -0.338 e. The molecule has 0 saturated carbocycles. The number of thioether (sulfide) groups is 1. The van der Waals surface area contributed by atoms with Crippen LogP contribution in [0.5, 0.6) is 0 Å². The fourth-order valence-corrected chi connectivity index (χ4v) is 3.84. The van der Waals surface area contributed by atoms with E-state index in [0.29, 0.717) is 6.04 Å². The number of halogens is 1. The van der Waals surface area contributed by atoms with Crippen LogP contribution in [-0.4, -0.2) is 27.9 Å². The third-order valence-electron chi connectivity index (χ3n) is 3.38. The van der Waals surface area contributed by atoms with Crippen LogP contribution in [0, 0.1) is 0 Å². The summed E-state index contributed by atoms with van der Waals surface area (Å²) >= 11 is 5.43. The van der Waals surface area contributed by atoms with E-state index in [2.05, 4.69) is 69.0 Å². The van der Waals surface area contributed by atoms with E-state index in [9.17, 15) is 0 Å². The Kier molecular flexibility index (Phi) is 6.80. The quantitative estimate of drug-likeness (QED) is 0.717. The molecule has 0 spiro atoms. The van der Waals surface area contributed by atoms with Crippen molar-refractivity contribution in [3.05, 3.63) is 47.0 Å². The summed E-state index contributed by atoms with van der Waals surface area (Å²) in [5.74, 6) is 2.24. The van der Waals surface area contributed by atoms with Crippen LogP contribution < -0.4 is 5.32 Å². The molecule has 2 rings (SSSR count). The molecule has 1 unspecified atom stereocenters. The Bertz CT molecular complexity index is 556. The highest BCUT2D eigenvalue weighted by atomic mass is 79.9. The number of nitrogens with one attached hydrogen (secondary N) is 1. The molecule has 0 aliphatic carbocycles. The number of hydrogen-bond acceptors (Lipinski definition) is 3. The van der Waals surface area contributed by atoms with Crippen molar-refractivity contribution in [2.75, 3.05) is 12.3 Å². The lowest BCUT2D eigenvalue weighted by atomic mass is 10.2. The molecular formula is C16H22BrN3S. The molecule has 0 radical (unpaired) electrons. The first-order valence-electron chi connectivity index (χ1n) is 7.27. The van der Waals surface area contributed by atoms with Gasteiger partial charge in [0.2, 0.25) is 0 Å². The Balaban J connectivity index is 1.85. The first-order valence-corrected chi connectivity index (χ1v) is 9.05. The van der Waals surface area contributed by atoms with Crippen LogP contribution in [-0.2, 0) is 13.5 Å². The predicted molar refractivity (Wildman–Crippen MR) is 93.9 cm³/mol. The minimum atomic E-state index is 0.510. The molecule has 0 bridgehead atoms. The third-order valence-corrected chi connectivity index (χ3v) is 5.03. The van der Waals surface area contributed by atoms with Gasteiger partial charge < -0.3 is 9.88 Å². The normalized spacial score (nSPS) is 12.5. The fourth-order valence-electron chi connectivity index (χ4n) is 2.23. The molecule has 0 fully saturated rings. The Labute approximate surface area is 139 Å². The van der Waals surface area contributed by atoms with E-state index in [4.69, 9.17) is 0 Å². The van der Waals surface area contributed by atoms with Gasteiger partial charge in [0.1, 0.15) is 5.82 Å². The van der Waals surface area contributed by atoms with Crippen molar-refractivity contribution in [3.63, 3.8) is 0 Å². The predicted octanol–water partition coefficient (Wildman–Crippen LogP) is 3.89. The van der Waals surface area contributed by atoms with Crippen molar-refractivity contribution in [2.24, 2.45) is 7.05 Å². The van der Waals surface area contributed by atoms with Crippen molar-refractivity contribution >= 4 is 27.7 Å². The minimum absolute atomic E-state index is 0.510. The highest BCUT2D eigenvalue weighted by molar-refractivity contribution is 9.10. The van der Waals surface area contributed by atoms with Crippen LogP contribution in [0.2, 0.25) is 0 Å². The van der Waals surface area contributed by atoms with Gasteiger partial charge in [0.15, 0.2) is 0 Å². The lowest BCUT2D eigenvalue weighted by Crippen LogP contribution is -2.31. The maximum absolute atomic E-state index is 4.40. The summed E-state index contributed by atoms with van der Waals surface area (Å²) in [4.78, 5) is 5.71. The van der Waals surface area contributed by atoms with Crippen LogP contribution in [0.4, 0.5) is 0 Å². The molecule has 1 atom stereocenters. The average Bonchev–Trinajstić information content (AvgIpc) is 2.87. The van der Waals surface area contributed by atoms with Gasteiger partial charge in [-0.3, -0.25) is 0 Å². The molecule has 3 nitrogen and oxygen atoms in total. The number of nitrogens with zero attached hydrogens (tertiary/aromatic N) is 2. The summed E-state index contributed by atoms with van der Waals surface area (Å²) in [6.45, 7) is 3.17. The largest absolute Gasteiger partial charge is 0.338 e. The topological polar surface area (TPSA) is 29.9 Å². The third kappa shape index (κ3) is 5.49. The van der Waals surface area contributed by atoms with Gasteiger partial charge in [-0.15, -0.1) is 11.8 Å². The Morgan fingerprint density at radius 3 is 2.95 bits per heavy atom. The Hall–Kier alpha value is -0.780. The van der Waals surface area contributed by atoms with E-state index < -0.39 is 0 Å². The van der Waals surface area contributed by atoms with Gasteiger partial charge in [-0.2, -0.15) is 0 Å². The molecular weight excluding hydrogens is 346 g/mol. The second-order valence-electron chi connectivity index (χ2n) is 5.02. The number of hydrogen-bond donors (Lipinski definition) is 1. The first kappa shape index (κ1) is 16.6. The number of rotatable bonds is 8. The molecule has 0 amide bonds. The van der Waals surface area contributed by atoms with Gasteiger partial charge >= 0.3 is 0 Å². The molecule has 1 heterocycles. The van der Waals surface area contributed by atoms with E-state index in [0.717, 1.165) is 35.4 Å². The summed E-state index contributed by atoms with van der Waals surface area (Å²) in [5.41, 5.74) is 0. The van der Waals surface area contributed by atoms with Gasteiger partial charge in [-0.1, -0.05) is 28.9 Å². The van der Waals surface area contributed by atoms with Gasteiger partial charge in [0.05, 0.1) is 0 Å². The van der Waals surface area contributed by atoms with Crippen molar-refractivity contribution < 1.29 is 0 Å². The summed E-state index contributed by atoms with van der Waals surface area (Å²) in [5, 5.41) is 3.58. The van der Waals surface area contributed by atoms with Gasteiger partial charge in [0.25, 0.3) is 0 Å².